The van der Waals surface area contributed by atoms with E-state index in [4.69, 9.17) is 16.3 Å². The summed E-state index contributed by atoms with van der Waals surface area (Å²) in [4.78, 5) is 16.6. The summed E-state index contributed by atoms with van der Waals surface area (Å²) in [6.07, 6.45) is 0.777. The van der Waals surface area contributed by atoms with Gasteiger partial charge in [0.2, 0.25) is 5.91 Å². The highest BCUT2D eigenvalue weighted by atomic mass is 35.5. The summed E-state index contributed by atoms with van der Waals surface area (Å²) in [6, 6.07) is 13.7. The normalized spacial score (nSPS) is 15.2. The molecule has 2 aromatic rings. The molecule has 0 bridgehead atoms. The van der Waals surface area contributed by atoms with Crippen molar-refractivity contribution in [3.05, 3.63) is 53.6 Å². The Kier molecular flexibility index (Phi) is 6.46. The van der Waals surface area contributed by atoms with E-state index in [1.54, 1.807) is 12.0 Å². The van der Waals surface area contributed by atoms with Crippen LogP contribution in [0.15, 0.2) is 53.4 Å². The number of hydrogen-bond acceptors (Lipinski definition) is 5. The maximum absolute atomic E-state index is 12.6. The molecular formula is C20H23ClN2O4S. The molecule has 1 aliphatic heterocycles. The number of ether oxygens (including phenoxy) is 1. The molecule has 1 heterocycles. The van der Waals surface area contributed by atoms with Gasteiger partial charge >= 0.3 is 0 Å². The number of anilines is 1. The third-order valence-corrected chi connectivity index (χ3v) is 6.64. The summed E-state index contributed by atoms with van der Waals surface area (Å²) >= 11 is 5.81. The topological polar surface area (TPSA) is 66.9 Å². The summed E-state index contributed by atoms with van der Waals surface area (Å²) in [7, 11) is -2.06. The zero-order chi connectivity index (χ0) is 20.1. The van der Waals surface area contributed by atoms with Gasteiger partial charge in [0.15, 0.2) is 9.84 Å². The highest BCUT2D eigenvalue weighted by Crippen LogP contribution is 2.21. The van der Waals surface area contributed by atoms with Crippen LogP contribution in [0.1, 0.15) is 6.42 Å². The molecule has 150 valence electrons. The van der Waals surface area contributed by atoms with Gasteiger partial charge in [0.25, 0.3) is 0 Å². The third kappa shape index (κ3) is 4.97. The fourth-order valence-corrected chi connectivity index (χ4v) is 4.55. The van der Waals surface area contributed by atoms with Crippen molar-refractivity contribution in [3.8, 4) is 5.75 Å². The Labute approximate surface area is 170 Å². The molecule has 3 rings (SSSR count). The first-order chi connectivity index (χ1) is 13.4. The number of halogens is 1. The van der Waals surface area contributed by atoms with E-state index >= 15 is 0 Å². The van der Waals surface area contributed by atoms with Crippen molar-refractivity contribution in [1.29, 1.82) is 0 Å². The number of methoxy groups -OCH3 is 1. The molecule has 0 N–H and O–H groups in total. The zero-order valence-electron chi connectivity index (χ0n) is 15.7. The van der Waals surface area contributed by atoms with E-state index in [2.05, 4.69) is 4.90 Å². The SMILES string of the molecule is COc1ccc(N2CCCN(C(=O)CS(=O)(=O)c3ccc(Cl)cc3)CC2)cc1. The Bertz CT molecular complexity index is 914. The van der Waals surface area contributed by atoms with Crippen LogP contribution in [0.25, 0.3) is 0 Å². The summed E-state index contributed by atoms with van der Waals surface area (Å²) in [5.74, 6) is -0.105. The summed E-state index contributed by atoms with van der Waals surface area (Å²) in [5.41, 5.74) is 1.06. The maximum atomic E-state index is 12.6. The first-order valence-electron chi connectivity index (χ1n) is 9.04. The van der Waals surface area contributed by atoms with Crippen LogP contribution in [0.2, 0.25) is 5.02 Å². The second-order valence-corrected chi connectivity index (χ2v) is 9.06. The smallest absolute Gasteiger partial charge is 0.238 e. The fraction of sp³-hybridized carbons (Fsp3) is 0.350. The molecule has 1 amide bonds. The van der Waals surface area contributed by atoms with Gasteiger partial charge in [0.05, 0.1) is 12.0 Å². The second-order valence-electron chi connectivity index (χ2n) is 6.63. The van der Waals surface area contributed by atoms with E-state index in [1.165, 1.54) is 24.3 Å². The predicted molar refractivity (Wildman–Crippen MR) is 110 cm³/mol. The van der Waals surface area contributed by atoms with Gasteiger partial charge in [-0.2, -0.15) is 0 Å². The molecular weight excluding hydrogens is 400 g/mol. The maximum Gasteiger partial charge on any atom is 0.238 e. The van der Waals surface area contributed by atoms with Crippen molar-refractivity contribution in [1.82, 2.24) is 4.90 Å². The molecule has 0 aliphatic carbocycles. The van der Waals surface area contributed by atoms with Crippen LogP contribution in [-0.4, -0.2) is 58.3 Å². The first kappa shape index (κ1) is 20.5. The van der Waals surface area contributed by atoms with Crippen LogP contribution in [0.4, 0.5) is 5.69 Å². The molecule has 0 unspecified atom stereocenters. The molecule has 8 heteroatoms. The fourth-order valence-electron chi connectivity index (χ4n) is 3.20. The summed E-state index contributed by atoms with van der Waals surface area (Å²) < 4.78 is 30.2. The van der Waals surface area contributed by atoms with Gasteiger partial charge in [-0.15, -0.1) is 0 Å². The Hall–Kier alpha value is -2.25. The lowest BCUT2D eigenvalue weighted by molar-refractivity contribution is -0.128. The molecule has 0 atom stereocenters. The van der Waals surface area contributed by atoms with E-state index < -0.39 is 15.6 Å². The van der Waals surface area contributed by atoms with Crippen LogP contribution in [-0.2, 0) is 14.6 Å². The number of amides is 1. The van der Waals surface area contributed by atoms with Crippen molar-refractivity contribution in [2.45, 2.75) is 11.3 Å². The second kappa shape index (κ2) is 8.84. The number of hydrogen-bond donors (Lipinski definition) is 0. The summed E-state index contributed by atoms with van der Waals surface area (Å²) in [5, 5.41) is 0.455. The summed E-state index contributed by atoms with van der Waals surface area (Å²) in [6.45, 7) is 2.49. The van der Waals surface area contributed by atoms with Crippen molar-refractivity contribution < 1.29 is 17.9 Å². The minimum atomic E-state index is -3.69. The number of sulfone groups is 1. The van der Waals surface area contributed by atoms with Gasteiger partial charge < -0.3 is 14.5 Å². The number of carbonyl (C=O) groups excluding carboxylic acids is 1. The number of carbonyl (C=O) groups is 1. The van der Waals surface area contributed by atoms with Crippen LogP contribution >= 0.6 is 11.6 Å². The molecule has 1 fully saturated rings. The lowest BCUT2D eigenvalue weighted by Crippen LogP contribution is -2.38. The van der Waals surface area contributed by atoms with Gasteiger partial charge in [-0.3, -0.25) is 4.79 Å². The largest absolute Gasteiger partial charge is 0.497 e. The van der Waals surface area contributed by atoms with Crippen molar-refractivity contribution in [2.75, 3.05) is 43.9 Å². The quantitative estimate of drug-likeness (QED) is 0.741. The van der Waals surface area contributed by atoms with E-state index in [0.717, 1.165) is 24.4 Å². The molecule has 1 aliphatic rings. The Balaban J connectivity index is 1.62. The average Bonchev–Trinajstić information content (AvgIpc) is 2.94. The van der Waals surface area contributed by atoms with Crippen LogP contribution < -0.4 is 9.64 Å². The van der Waals surface area contributed by atoms with Crippen LogP contribution in [0.5, 0.6) is 5.75 Å². The van der Waals surface area contributed by atoms with E-state index in [0.29, 0.717) is 24.7 Å². The zero-order valence-corrected chi connectivity index (χ0v) is 17.2. The molecule has 1 saturated heterocycles. The van der Waals surface area contributed by atoms with Gasteiger partial charge in [-0.25, -0.2) is 8.42 Å². The average molecular weight is 423 g/mol. The highest BCUT2D eigenvalue weighted by molar-refractivity contribution is 7.92. The molecule has 28 heavy (non-hydrogen) atoms. The van der Waals surface area contributed by atoms with E-state index in [-0.39, 0.29) is 10.8 Å². The van der Waals surface area contributed by atoms with Crippen molar-refractivity contribution in [3.63, 3.8) is 0 Å². The minimum absolute atomic E-state index is 0.111. The Morgan fingerprint density at radius 3 is 2.32 bits per heavy atom. The number of benzene rings is 2. The van der Waals surface area contributed by atoms with Crippen LogP contribution in [0, 0.1) is 0 Å². The van der Waals surface area contributed by atoms with Gasteiger partial charge in [-0.1, -0.05) is 11.6 Å². The number of nitrogens with zero attached hydrogens (tertiary/aromatic N) is 2. The van der Waals surface area contributed by atoms with Gasteiger partial charge in [-0.05, 0) is 55.0 Å². The van der Waals surface area contributed by atoms with Crippen LogP contribution in [0.3, 0.4) is 0 Å². The van der Waals surface area contributed by atoms with Crippen molar-refractivity contribution >= 4 is 33.0 Å². The van der Waals surface area contributed by atoms with Gasteiger partial charge in [0.1, 0.15) is 11.5 Å². The predicted octanol–water partition coefficient (Wildman–Crippen LogP) is 2.86. The van der Waals surface area contributed by atoms with Crippen molar-refractivity contribution in [2.24, 2.45) is 0 Å². The highest BCUT2D eigenvalue weighted by Gasteiger charge is 2.25. The Morgan fingerprint density at radius 1 is 1.00 bits per heavy atom. The lowest BCUT2D eigenvalue weighted by atomic mass is 10.2. The molecule has 0 saturated carbocycles. The molecule has 0 aromatic heterocycles. The molecule has 0 radical (unpaired) electrons. The minimum Gasteiger partial charge on any atom is -0.497 e. The molecule has 6 nitrogen and oxygen atoms in total. The lowest BCUT2D eigenvalue weighted by Gasteiger charge is -2.24. The van der Waals surface area contributed by atoms with E-state index in [9.17, 15) is 13.2 Å². The monoisotopic (exact) mass is 422 g/mol. The van der Waals surface area contributed by atoms with E-state index in [1.807, 2.05) is 24.3 Å². The molecule has 0 spiro atoms. The third-order valence-electron chi connectivity index (χ3n) is 4.77. The molecule has 2 aromatic carbocycles. The first-order valence-corrected chi connectivity index (χ1v) is 11.1. The number of rotatable bonds is 5. The van der Waals surface area contributed by atoms with Gasteiger partial charge in [0, 0.05) is 36.9 Å². The Morgan fingerprint density at radius 2 is 1.68 bits per heavy atom. The standard InChI is InChI=1S/C20H23ClN2O4S/c1-27-18-7-5-17(6-8-18)22-11-2-12-23(14-13-22)20(24)15-28(25,26)19-9-3-16(21)4-10-19/h3-10H,2,11-15H2,1H3.